The van der Waals surface area contributed by atoms with Gasteiger partial charge in [-0.05, 0) is 52.2 Å². The zero-order valence-electron chi connectivity index (χ0n) is 12.4. The maximum Gasteiger partial charge on any atom is 0.340 e. The van der Waals surface area contributed by atoms with E-state index in [-0.39, 0.29) is 11.4 Å². The van der Waals surface area contributed by atoms with Crippen molar-refractivity contribution < 1.29 is 9.53 Å². The van der Waals surface area contributed by atoms with Crippen LogP contribution in [0.2, 0.25) is 0 Å². The minimum Gasteiger partial charge on any atom is -0.462 e. The number of hydrogen-bond donors (Lipinski definition) is 1. The van der Waals surface area contributed by atoms with E-state index >= 15 is 0 Å². The first-order valence-corrected chi connectivity index (χ1v) is 6.80. The highest BCUT2D eigenvalue weighted by Crippen LogP contribution is 2.21. The summed E-state index contributed by atoms with van der Waals surface area (Å²) >= 11 is 0. The van der Waals surface area contributed by atoms with Crippen LogP contribution in [0.1, 0.15) is 49.0 Å². The molecule has 0 aromatic heterocycles. The molecule has 0 aliphatic carbocycles. The summed E-state index contributed by atoms with van der Waals surface area (Å²) < 4.78 is 5.21. The second kappa shape index (κ2) is 6.95. The molecule has 4 heteroatoms. The maximum atomic E-state index is 11.9. The highest BCUT2D eigenvalue weighted by atomic mass is 16.5. The Balaban J connectivity index is 2.38. The fraction of sp³-hybridized carbons (Fsp3) is 0.500. The van der Waals surface area contributed by atoms with Crippen molar-refractivity contribution in [1.82, 2.24) is 0 Å². The smallest absolute Gasteiger partial charge is 0.340 e. The number of carbonyl (C=O) groups is 1. The van der Waals surface area contributed by atoms with Crippen LogP contribution < -0.4 is 5.73 Å². The molecule has 0 radical (unpaired) electrons. The Kier molecular flexibility index (Phi) is 5.57. The van der Waals surface area contributed by atoms with Gasteiger partial charge in [-0.1, -0.05) is 11.6 Å². The van der Waals surface area contributed by atoms with Crippen molar-refractivity contribution in [3.05, 3.63) is 29.3 Å². The standard InChI is InChI=1S/C16H22N2O2/c1-12-6-7-14(18)13(10-12)15(19)20-9-5-4-8-16(2,3)11-17/h6-7,10H,4-5,8-9,18H2,1-3H3. The predicted molar refractivity (Wildman–Crippen MR) is 79.1 cm³/mol. The maximum absolute atomic E-state index is 11.9. The lowest BCUT2D eigenvalue weighted by atomic mass is 9.89. The summed E-state index contributed by atoms with van der Waals surface area (Å²) in [6.45, 7) is 6.08. The Hall–Kier alpha value is -2.02. The van der Waals surface area contributed by atoms with E-state index < -0.39 is 0 Å². The number of nitrogens with two attached hydrogens (primary N) is 1. The van der Waals surface area contributed by atoms with Gasteiger partial charge >= 0.3 is 5.97 Å². The first-order chi connectivity index (χ1) is 9.35. The molecule has 0 saturated heterocycles. The highest BCUT2D eigenvalue weighted by Gasteiger charge is 2.16. The molecule has 0 bridgehead atoms. The van der Waals surface area contributed by atoms with Crippen LogP contribution in [0, 0.1) is 23.7 Å². The van der Waals surface area contributed by atoms with Gasteiger partial charge in [-0.25, -0.2) is 4.79 Å². The van der Waals surface area contributed by atoms with E-state index in [9.17, 15) is 4.79 Å². The molecule has 2 N–H and O–H groups in total. The Bertz CT molecular complexity index is 516. The number of nitrogens with zero attached hydrogens (tertiary/aromatic N) is 1. The summed E-state index contributed by atoms with van der Waals surface area (Å²) in [4.78, 5) is 11.9. The van der Waals surface area contributed by atoms with Crippen molar-refractivity contribution in [3.63, 3.8) is 0 Å². The lowest BCUT2D eigenvalue weighted by Gasteiger charge is -2.14. The van der Waals surface area contributed by atoms with Gasteiger partial charge < -0.3 is 10.5 Å². The third-order valence-corrected chi connectivity index (χ3v) is 3.16. The number of unbranched alkanes of at least 4 members (excludes halogenated alkanes) is 1. The van der Waals surface area contributed by atoms with E-state index in [2.05, 4.69) is 6.07 Å². The lowest BCUT2D eigenvalue weighted by molar-refractivity contribution is 0.0497. The third-order valence-electron chi connectivity index (χ3n) is 3.16. The van der Waals surface area contributed by atoms with E-state index in [1.165, 1.54) is 0 Å². The molecule has 1 rings (SSSR count). The molecule has 1 aromatic carbocycles. The zero-order chi connectivity index (χ0) is 15.2. The second-order valence-electron chi connectivity index (χ2n) is 5.68. The molecule has 4 nitrogen and oxygen atoms in total. The normalized spacial score (nSPS) is 10.9. The quantitative estimate of drug-likeness (QED) is 0.489. The third kappa shape index (κ3) is 4.93. The number of esters is 1. The Morgan fingerprint density at radius 2 is 2.10 bits per heavy atom. The fourth-order valence-electron chi connectivity index (χ4n) is 1.81. The van der Waals surface area contributed by atoms with Crippen molar-refractivity contribution in [2.75, 3.05) is 12.3 Å². The molecule has 0 saturated carbocycles. The van der Waals surface area contributed by atoms with Gasteiger partial charge in [-0.15, -0.1) is 0 Å². The van der Waals surface area contributed by atoms with Crippen molar-refractivity contribution in [2.45, 2.75) is 40.0 Å². The molecule has 20 heavy (non-hydrogen) atoms. The molecule has 0 heterocycles. The Labute approximate surface area is 120 Å². The number of nitriles is 1. The van der Waals surface area contributed by atoms with Gasteiger partial charge in [0.15, 0.2) is 0 Å². The van der Waals surface area contributed by atoms with Gasteiger partial charge in [0.2, 0.25) is 0 Å². The molecule has 1 aromatic rings. The molecule has 0 aliphatic heterocycles. The summed E-state index contributed by atoms with van der Waals surface area (Å²) in [5.41, 5.74) is 7.27. The second-order valence-corrected chi connectivity index (χ2v) is 5.68. The number of hydrogen-bond acceptors (Lipinski definition) is 4. The number of benzene rings is 1. The average Bonchev–Trinajstić information content (AvgIpc) is 2.40. The topological polar surface area (TPSA) is 76.1 Å². The monoisotopic (exact) mass is 274 g/mol. The van der Waals surface area contributed by atoms with E-state index in [1.807, 2.05) is 26.8 Å². The van der Waals surface area contributed by atoms with Crippen LogP contribution in [0.3, 0.4) is 0 Å². The largest absolute Gasteiger partial charge is 0.462 e. The summed E-state index contributed by atoms with van der Waals surface area (Å²) in [7, 11) is 0. The number of anilines is 1. The SMILES string of the molecule is Cc1ccc(N)c(C(=O)OCCCCC(C)(C)C#N)c1. The number of carbonyl (C=O) groups excluding carboxylic acids is 1. The van der Waals surface area contributed by atoms with Crippen molar-refractivity contribution >= 4 is 11.7 Å². The Morgan fingerprint density at radius 3 is 2.75 bits per heavy atom. The summed E-state index contributed by atoms with van der Waals surface area (Å²) in [6, 6.07) is 7.56. The van der Waals surface area contributed by atoms with Gasteiger partial charge in [-0.3, -0.25) is 0 Å². The first kappa shape index (κ1) is 16.0. The van der Waals surface area contributed by atoms with E-state index in [4.69, 9.17) is 15.7 Å². The van der Waals surface area contributed by atoms with E-state index in [0.717, 1.165) is 24.8 Å². The summed E-state index contributed by atoms with van der Waals surface area (Å²) in [6.07, 6.45) is 2.41. The molecule has 108 valence electrons. The van der Waals surface area contributed by atoms with E-state index in [0.29, 0.717) is 17.9 Å². The number of rotatable bonds is 6. The average molecular weight is 274 g/mol. The van der Waals surface area contributed by atoms with Crippen molar-refractivity contribution in [3.8, 4) is 6.07 Å². The molecule has 0 aliphatic rings. The Morgan fingerprint density at radius 1 is 1.40 bits per heavy atom. The molecule has 0 atom stereocenters. The van der Waals surface area contributed by atoms with Crippen LogP contribution in [0.15, 0.2) is 18.2 Å². The summed E-state index contributed by atoms with van der Waals surface area (Å²) in [5.74, 6) is -0.384. The molecule has 0 unspecified atom stereocenters. The number of nitrogen functional groups attached to an aromatic ring is 1. The zero-order valence-corrected chi connectivity index (χ0v) is 12.4. The van der Waals surface area contributed by atoms with Gasteiger partial charge in [0.05, 0.1) is 23.7 Å². The molecule has 0 amide bonds. The molecular formula is C16H22N2O2. The van der Waals surface area contributed by atoms with Gasteiger partial charge in [-0.2, -0.15) is 5.26 Å². The predicted octanol–water partition coefficient (Wildman–Crippen LogP) is 3.45. The van der Waals surface area contributed by atoms with Crippen LogP contribution in [0.5, 0.6) is 0 Å². The molecule has 0 fully saturated rings. The van der Waals surface area contributed by atoms with Gasteiger partial charge in [0.1, 0.15) is 0 Å². The van der Waals surface area contributed by atoms with Crippen LogP contribution in [0.4, 0.5) is 5.69 Å². The number of ether oxygens (including phenoxy) is 1. The van der Waals surface area contributed by atoms with Crippen molar-refractivity contribution in [1.29, 1.82) is 5.26 Å². The van der Waals surface area contributed by atoms with Crippen LogP contribution in [-0.4, -0.2) is 12.6 Å². The van der Waals surface area contributed by atoms with Gasteiger partial charge in [0.25, 0.3) is 0 Å². The summed E-state index contributed by atoms with van der Waals surface area (Å²) in [5, 5.41) is 8.89. The minimum atomic E-state index is -0.384. The lowest BCUT2D eigenvalue weighted by Crippen LogP contribution is -2.11. The fourth-order valence-corrected chi connectivity index (χ4v) is 1.81. The minimum absolute atomic E-state index is 0.315. The highest BCUT2D eigenvalue weighted by molar-refractivity contribution is 5.95. The van der Waals surface area contributed by atoms with Crippen molar-refractivity contribution in [2.24, 2.45) is 5.41 Å². The number of aryl methyl sites for hydroxylation is 1. The van der Waals surface area contributed by atoms with Crippen LogP contribution in [0.25, 0.3) is 0 Å². The van der Waals surface area contributed by atoms with Crippen LogP contribution in [-0.2, 0) is 4.74 Å². The molecule has 0 spiro atoms. The van der Waals surface area contributed by atoms with E-state index in [1.54, 1.807) is 12.1 Å². The first-order valence-electron chi connectivity index (χ1n) is 6.80. The van der Waals surface area contributed by atoms with Crippen LogP contribution >= 0.6 is 0 Å². The molecular weight excluding hydrogens is 252 g/mol. The van der Waals surface area contributed by atoms with Gasteiger partial charge in [0, 0.05) is 5.69 Å².